The largest absolute Gasteiger partial charge is 0.352 e. The highest BCUT2D eigenvalue weighted by Gasteiger charge is 2.14. The minimum Gasteiger partial charge on any atom is -0.352 e. The number of amides is 1. The minimum absolute atomic E-state index is 0.0645. The molecule has 0 aliphatic carbocycles. The first-order valence-electron chi connectivity index (χ1n) is 6.99. The number of carbonyl (C=O) groups is 1. The summed E-state index contributed by atoms with van der Waals surface area (Å²) in [6.07, 6.45) is 4.72. The topological polar surface area (TPSA) is 104 Å². The number of thiazole rings is 1. The van der Waals surface area contributed by atoms with Crippen LogP contribution in [0.15, 0.2) is 17.3 Å². The maximum atomic E-state index is 12.4. The molecular weight excluding hydrogens is 314 g/mol. The molecule has 0 saturated heterocycles. The van der Waals surface area contributed by atoms with E-state index in [1.807, 2.05) is 6.07 Å². The SMILES string of the molecule is CCNC(=O)/C(C#N)=c1\sc(=C=Cc2cnc[nH]2)c(=O)n1CC. The molecule has 1 amide bonds. The Balaban J connectivity index is 2.75. The average Bonchev–Trinajstić information content (AvgIpc) is 3.15. The highest BCUT2D eigenvalue weighted by atomic mass is 32.1. The molecule has 0 aliphatic heterocycles. The zero-order chi connectivity index (χ0) is 16.8. The van der Waals surface area contributed by atoms with Gasteiger partial charge < -0.3 is 10.3 Å². The lowest BCUT2D eigenvalue weighted by Crippen LogP contribution is -2.34. The van der Waals surface area contributed by atoms with E-state index in [9.17, 15) is 14.9 Å². The first-order chi connectivity index (χ1) is 11.1. The van der Waals surface area contributed by atoms with Crippen molar-refractivity contribution in [3.8, 4) is 6.07 Å². The summed E-state index contributed by atoms with van der Waals surface area (Å²) in [6.45, 7) is 4.32. The fraction of sp³-hybridized carbons (Fsp3) is 0.267. The van der Waals surface area contributed by atoms with Gasteiger partial charge in [-0.2, -0.15) is 5.26 Å². The summed E-state index contributed by atoms with van der Waals surface area (Å²) in [5.74, 6) is -0.484. The van der Waals surface area contributed by atoms with Gasteiger partial charge in [-0.25, -0.2) is 4.98 Å². The van der Waals surface area contributed by atoms with Gasteiger partial charge in [0, 0.05) is 19.2 Å². The van der Waals surface area contributed by atoms with Crippen molar-refractivity contribution >= 4 is 34.6 Å². The third-order valence-electron chi connectivity index (χ3n) is 2.97. The molecule has 2 aromatic rings. The third-order valence-corrected chi connectivity index (χ3v) is 4.08. The molecule has 0 fully saturated rings. The Morgan fingerprint density at radius 3 is 2.91 bits per heavy atom. The molecular formula is C15H15N5O2S. The van der Waals surface area contributed by atoms with E-state index < -0.39 is 5.91 Å². The summed E-state index contributed by atoms with van der Waals surface area (Å²) in [4.78, 5) is 31.1. The van der Waals surface area contributed by atoms with Crippen molar-refractivity contribution in [3.63, 3.8) is 0 Å². The van der Waals surface area contributed by atoms with Crippen molar-refractivity contribution in [2.45, 2.75) is 20.4 Å². The van der Waals surface area contributed by atoms with Crippen molar-refractivity contribution in [1.82, 2.24) is 19.9 Å². The van der Waals surface area contributed by atoms with Crippen LogP contribution in [0, 0.1) is 11.3 Å². The fourth-order valence-corrected chi connectivity index (χ4v) is 2.98. The second-order valence-electron chi connectivity index (χ2n) is 4.43. The first-order valence-corrected chi connectivity index (χ1v) is 7.81. The van der Waals surface area contributed by atoms with E-state index in [0.717, 1.165) is 11.3 Å². The van der Waals surface area contributed by atoms with E-state index in [2.05, 4.69) is 21.0 Å². The van der Waals surface area contributed by atoms with Crippen LogP contribution in [-0.2, 0) is 11.3 Å². The summed E-state index contributed by atoms with van der Waals surface area (Å²) in [5.41, 5.74) is 3.26. The van der Waals surface area contributed by atoms with Crippen LogP contribution in [0.5, 0.6) is 0 Å². The second kappa shape index (κ2) is 7.40. The Kier molecular flexibility index (Phi) is 5.31. The normalized spacial score (nSPS) is 11.3. The van der Waals surface area contributed by atoms with Gasteiger partial charge in [-0.3, -0.25) is 14.2 Å². The molecule has 0 spiro atoms. The average molecular weight is 329 g/mol. The van der Waals surface area contributed by atoms with Crippen LogP contribution >= 0.6 is 11.3 Å². The standard InChI is InChI=1S/C15H15N5O2S/c1-3-18-13(21)11(7-16)15-20(4-2)14(22)12(23-15)6-5-10-8-17-9-19-10/h5,8-9H,3-4H2,1-2H3,(H,17,19)(H,18,21)/b15-11-. The predicted octanol–water partition coefficient (Wildman–Crippen LogP) is -0.444. The molecule has 2 rings (SSSR count). The van der Waals surface area contributed by atoms with Gasteiger partial charge in [-0.1, -0.05) is 5.73 Å². The smallest absolute Gasteiger partial charge is 0.277 e. The minimum atomic E-state index is -0.484. The molecule has 8 heteroatoms. The van der Waals surface area contributed by atoms with Gasteiger partial charge in [0.2, 0.25) is 0 Å². The molecule has 0 unspecified atom stereocenters. The van der Waals surface area contributed by atoms with Crippen LogP contribution in [0.3, 0.4) is 0 Å². The molecule has 0 bridgehead atoms. The molecule has 0 aromatic carbocycles. The van der Waals surface area contributed by atoms with Crippen LogP contribution in [-0.4, -0.2) is 27.0 Å². The Hall–Kier alpha value is -2.88. The zero-order valence-corrected chi connectivity index (χ0v) is 13.5. The fourth-order valence-electron chi connectivity index (χ4n) is 1.91. The third kappa shape index (κ3) is 3.48. The van der Waals surface area contributed by atoms with Crippen LogP contribution in [0.1, 0.15) is 19.5 Å². The van der Waals surface area contributed by atoms with E-state index in [4.69, 9.17) is 0 Å². The second-order valence-corrected chi connectivity index (χ2v) is 5.43. The number of nitriles is 1. The monoisotopic (exact) mass is 329 g/mol. The molecule has 2 heterocycles. The quantitative estimate of drug-likeness (QED) is 0.793. The molecule has 0 aliphatic rings. The molecule has 0 atom stereocenters. The zero-order valence-electron chi connectivity index (χ0n) is 12.7. The number of nitrogens with zero attached hydrogens (tertiary/aromatic N) is 3. The predicted molar refractivity (Wildman–Crippen MR) is 87.7 cm³/mol. The van der Waals surface area contributed by atoms with Crippen LogP contribution in [0.2, 0.25) is 0 Å². The van der Waals surface area contributed by atoms with E-state index in [1.165, 1.54) is 10.9 Å². The van der Waals surface area contributed by atoms with Crippen LogP contribution in [0.25, 0.3) is 17.4 Å². The molecule has 2 aromatic heterocycles. The maximum Gasteiger partial charge on any atom is 0.277 e. The highest BCUT2D eigenvalue weighted by Crippen LogP contribution is 1.94. The molecule has 0 saturated carbocycles. The lowest BCUT2D eigenvalue weighted by atomic mass is 10.3. The van der Waals surface area contributed by atoms with Crippen molar-refractivity contribution in [2.24, 2.45) is 0 Å². The van der Waals surface area contributed by atoms with Gasteiger partial charge in [0.25, 0.3) is 11.5 Å². The van der Waals surface area contributed by atoms with E-state index in [1.54, 1.807) is 26.1 Å². The van der Waals surface area contributed by atoms with Gasteiger partial charge in [-0.05, 0) is 13.8 Å². The van der Waals surface area contributed by atoms with E-state index in [-0.39, 0.29) is 11.1 Å². The summed E-state index contributed by atoms with van der Waals surface area (Å²) < 4.78 is 2.07. The van der Waals surface area contributed by atoms with Crippen LogP contribution in [0.4, 0.5) is 0 Å². The lowest BCUT2D eigenvalue weighted by molar-refractivity contribution is -0.115. The number of aromatic amines is 1. The number of rotatable bonds is 4. The Morgan fingerprint density at radius 2 is 2.35 bits per heavy atom. The number of imidazole rings is 1. The first kappa shape index (κ1) is 16.5. The molecule has 7 nitrogen and oxygen atoms in total. The van der Waals surface area contributed by atoms with E-state index in [0.29, 0.717) is 28.0 Å². The Labute approximate surface area is 135 Å². The number of hydrogen-bond acceptors (Lipinski definition) is 5. The van der Waals surface area contributed by atoms with Crippen molar-refractivity contribution in [3.05, 3.63) is 37.8 Å². The number of carbonyl (C=O) groups excluding carboxylic acids is 1. The molecule has 2 N–H and O–H groups in total. The number of hydrogen-bond donors (Lipinski definition) is 2. The maximum absolute atomic E-state index is 12.4. The lowest BCUT2D eigenvalue weighted by Gasteiger charge is -2.00. The summed E-state index contributed by atoms with van der Waals surface area (Å²) in [7, 11) is 0. The molecule has 23 heavy (non-hydrogen) atoms. The number of nitrogens with one attached hydrogen (secondary N) is 2. The van der Waals surface area contributed by atoms with Gasteiger partial charge >= 0.3 is 0 Å². The van der Waals surface area contributed by atoms with Crippen LogP contribution < -0.4 is 20.1 Å². The Morgan fingerprint density at radius 1 is 1.57 bits per heavy atom. The summed E-state index contributed by atoms with van der Waals surface area (Å²) in [5, 5.41) is 11.9. The van der Waals surface area contributed by atoms with Crippen molar-refractivity contribution in [1.29, 1.82) is 5.26 Å². The van der Waals surface area contributed by atoms with E-state index >= 15 is 0 Å². The van der Waals surface area contributed by atoms with Crippen molar-refractivity contribution < 1.29 is 4.79 Å². The van der Waals surface area contributed by atoms with Gasteiger partial charge in [0.1, 0.15) is 15.3 Å². The van der Waals surface area contributed by atoms with Gasteiger partial charge in [-0.15, -0.1) is 11.3 Å². The summed E-state index contributed by atoms with van der Waals surface area (Å²) >= 11 is 1.07. The highest BCUT2D eigenvalue weighted by molar-refractivity contribution is 7.07. The number of aromatic nitrogens is 3. The van der Waals surface area contributed by atoms with Gasteiger partial charge in [0.15, 0.2) is 5.57 Å². The number of H-pyrrole nitrogens is 1. The van der Waals surface area contributed by atoms with Crippen molar-refractivity contribution in [2.75, 3.05) is 6.54 Å². The molecule has 118 valence electrons. The molecule has 0 radical (unpaired) electrons. The van der Waals surface area contributed by atoms with Gasteiger partial charge in [0.05, 0.1) is 18.2 Å². The summed E-state index contributed by atoms with van der Waals surface area (Å²) in [6, 6.07) is 1.89. The Bertz CT molecular complexity index is 953.